The number of fused-ring (bicyclic) bond motifs is 5. The van der Waals surface area contributed by atoms with E-state index in [0.717, 1.165) is 12.1 Å². The zero-order valence-corrected chi connectivity index (χ0v) is 10.8. The van der Waals surface area contributed by atoms with Crippen molar-refractivity contribution in [3.05, 3.63) is 54.7 Å². The van der Waals surface area contributed by atoms with Crippen LogP contribution in [0.1, 0.15) is 6.92 Å². The van der Waals surface area contributed by atoms with Crippen molar-refractivity contribution in [1.82, 2.24) is 9.55 Å². The third kappa shape index (κ3) is 1.34. The molecular weight excluding hydrogens is 232 g/mol. The first-order chi connectivity index (χ1) is 9.40. The number of benzene rings is 2. The lowest BCUT2D eigenvalue weighted by molar-refractivity contribution is 0.829. The summed E-state index contributed by atoms with van der Waals surface area (Å²) >= 11 is 0. The summed E-state index contributed by atoms with van der Waals surface area (Å²) in [5.74, 6) is 0. The number of aromatic nitrogens is 2. The van der Waals surface area contributed by atoms with Gasteiger partial charge in [-0.1, -0.05) is 36.4 Å². The van der Waals surface area contributed by atoms with Gasteiger partial charge in [0.1, 0.15) is 0 Å². The quantitative estimate of drug-likeness (QED) is 0.488. The molecule has 0 saturated carbocycles. The molecular formula is C17H14N2. The van der Waals surface area contributed by atoms with Gasteiger partial charge in [-0.25, -0.2) is 0 Å². The van der Waals surface area contributed by atoms with Crippen LogP contribution in [0, 0.1) is 0 Å². The normalized spacial score (nSPS) is 11.6. The Bertz CT molecular complexity index is 903. The highest BCUT2D eigenvalue weighted by atomic mass is 15.0. The summed E-state index contributed by atoms with van der Waals surface area (Å²) < 4.78 is 2.38. The molecule has 0 aliphatic heterocycles. The molecule has 4 rings (SSSR count). The van der Waals surface area contributed by atoms with Gasteiger partial charge in [0.05, 0.1) is 11.0 Å². The molecule has 0 amide bonds. The van der Waals surface area contributed by atoms with Gasteiger partial charge in [0.15, 0.2) is 0 Å². The van der Waals surface area contributed by atoms with Gasteiger partial charge >= 0.3 is 0 Å². The van der Waals surface area contributed by atoms with Crippen LogP contribution < -0.4 is 0 Å². The summed E-state index contributed by atoms with van der Waals surface area (Å²) in [6.07, 6.45) is 2.01. The molecule has 0 saturated heterocycles. The van der Waals surface area contributed by atoms with E-state index in [1.54, 1.807) is 0 Å². The van der Waals surface area contributed by atoms with E-state index in [-0.39, 0.29) is 0 Å². The second kappa shape index (κ2) is 3.82. The van der Waals surface area contributed by atoms with Gasteiger partial charge in [-0.15, -0.1) is 0 Å². The molecule has 92 valence electrons. The van der Waals surface area contributed by atoms with Gasteiger partial charge in [0.2, 0.25) is 0 Å². The van der Waals surface area contributed by atoms with Crippen LogP contribution >= 0.6 is 0 Å². The first kappa shape index (κ1) is 10.6. The predicted octanol–water partition coefficient (Wildman–Crippen LogP) is 4.36. The minimum absolute atomic E-state index is 0.970. The van der Waals surface area contributed by atoms with Crippen molar-refractivity contribution in [2.24, 2.45) is 0 Å². The van der Waals surface area contributed by atoms with Crippen LogP contribution in [0.2, 0.25) is 0 Å². The van der Waals surface area contributed by atoms with Gasteiger partial charge in [-0.2, -0.15) is 0 Å². The Hall–Kier alpha value is -2.35. The van der Waals surface area contributed by atoms with Crippen molar-refractivity contribution >= 4 is 32.7 Å². The highest BCUT2D eigenvalue weighted by Crippen LogP contribution is 2.32. The molecule has 2 heterocycles. The average Bonchev–Trinajstić information content (AvgIpc) is 2.81. The Balaban J connectivity index is 2.37. The zero-order valence-electron chi connectivity index (χ0n) is 10.8. The van der Waals surface area contributed by atoms with Crippen LogP contribution in [0.4, 0.5) is 0 Å². The fourth-order valence-electron chi connectivity index (χ4n) is 3.00. The number of aryl methyl sites for hydroxylation is 1. The van der Waals surface area contributed by atoms with E-state index in [4.69, 9.17) is 0 Å². The van der Waals surface area contributed by atoms with Crippen molar-refractivity contribution in [3.8, 4) is 0 Å². The molecule has 0 fully saturated rings. The number of hydrogen-bond acceptors (Lipinski definition) is 1. The maximum absolute atomic E-state index is 4.59. The van der Waals surface area contributed by atoms with Crippen LogP contribution in [0.15, 0.2) is 54.7 Å². The molecule has 19 heavy (non-hydrogen) atoms. The van der Waals surface area contributed by atoms with Gasteiger partial charge in [-0.05, 0) is 19.1 Å². The molecule has 0 N–H and O–H groups in total. The maximum Gasteiger partial charge on any atom is 0.0723 e. The molecule has 0 aliphatic carbocycles. The van der Waals surface area contributed by atoms with Gasteiger partial charge in [-0.3, -0.25) is 4.98 Å². The number of rotatable bonds is 1. The largest absolute Gasteiger partial charge is 0.340 e. The lowest BCUT2D eigenvalue weighted by atomic mass is 10.1. The molecule has 0 bridgehead atoms. The SMILES string of the molecule is CCn1c2ccccc2c2cnc3ccccc3c21. The first-order valence-corrected chi connectivity index (χ1v) is 6.65. The molecule has 0 atom stereocenters. The Morgan fingerprint density at radius 3 is 2.47 bits per heavy atom. The Labute approximate surface area is 111 Å². The van der Waals surface area contributed by atoms with Crippen LogP contribution in [0.5, 0.6) is 0 Å². The summed E-state index contributed by atoms with van der Waals surface area (Å²) in [7, 11) is 0. The molecule has 2 aromatic carbocycles. The molecule has 4 aromatic rings. The number of para-hydroxylation sites is 2. The van der Waals surface area contributed by atoms with E-state index in [0.29, 0.717) is 0 Å². The standard InChI is InChI=1S/C17H14N2/c1-2-19-16-10-6-4-7-12(16)14-11-18-15-9-5-3-8-13(15)17(14)19/h3-11H,2H2,1H3. The Morgan fingerprint density at radius 1 is 0.895 bits per heavy atom. The zero-order chi connectivity index (χ0) is 12.8. The third-order valence-electron chi connectivity index (χ3n) is 3.82. The topological polar surface area (TPSA) is 17.8 Å². The number of nitrogens with zero attached hydrogens (tertiary/aromatic N) is 2. The highest BCUT2D eigenvalue weighted by Gasteiger charge is 2.12. The van der Waals surface area contributed by atoms with Crippen LogP contribution in [0.3, 0.4) is 0 Å². The van der Waals surface area contributed by atoms with Crippen molar-refractivity contribution in [1.29, 1.82) is 0 Å². The van der Waals surface area contributed by atoms with Gasteiger partial charge in [0, 0.05) is 34.4 Å². The van der Waals surface area contributed by atoms with Crippen molar-refractivity contribution in [2.75, 3.05) is 0 Å². The second-order valence-electron chi connectivity index (χ2n) is 4.80. The third-order valence-corrected chi connectivity index (χ3v) is 3.82. The molecule has 0 spiro atoms. The number of pyridine rings is 1. The summed E-state index contributed by atoms with van der Waals surface area (Å²) in [5.41, 5.74) is 3.65. The lowest BCUT2D eigenvalue weighted by Gasteiger charge is -2.05. The van der Waals surface area contributed by atoms with E-state index in [2.05, 4.69) is 58.9 Å². The summed E-state index contributed by atoms with van der Waals surface area (Å²) in [5, 5.41) is 3.77. The number of hydrogen-bond donors (Lipinski definition) is 0. The average molecular weight is 246 g/mol. The summed E-state index contributed by atoms with van der Waals surface area (Å²) in [6, 6.07) is 16.9. The van der Waals surface area contributed by atoms with Crippen molar-refractivity contribution < 1.29 is 0 Å². The highest BCUT2D eigenvalue weighted by molar-refractivity contribution is 6.16. The van der Waals surface area contributed by atoms with E-state index in [1.807, 2.05) is 12.3 Å². The minimum atomic E-state index is 0.970. The first-order valence-electron chi connectivity index (χ1n) is 6.65. The van der Waals surface area contributed by atoms with Crippen LogP contribution in [-0.2, 0) is 6.54 Å². The smallest absolute Gasteiger partial charge is 0.0723 e. The lowest BCUT2D eigenvalue weighted by Crippen LogP contribution is -1.94. The molecule has 0 unspecified atom stereocenters. The van der Waals surface area contributed by atoms with Gasteiger partial charge < -0.3 is 4.57 Å². The second-order valence-corrected chi connectivity index (χ2v) is 4.80. The molecule has 2 aromatic heterocycles. The summed E-state index contributed by atoms with van der Waals surface area (Å²) in [4.78, 5) is 4.59. The van der Waals surface area contributed by atoms with Crippen molar-refractivity contribution in [2.45, 2.75) is 13.5 Å². The minimum Gasteiger partial charge on any atom is -0.340 e. The monoisotopic (exact) mass is 246 g/mol. The van der Waals surface area contributed by atoms with Crippen LogP contribution in [0.25, 0.3) is 32.7 Å². The maximum atomic E-state index is 4.59. The predicted molar refractivity (Wildman–Crippen MR) is 80.4 cm³/mol. The molecule has 2 heteroatoms. The van der Waals surface area contributed by atoms with E-state index >= 15 is 0 Å². The van der Waals surface area contributed by atoms with E-state index in [9.17, 15) is 0 Å². The van der Waals surface area contributed by atoms with Crippen LogP contribution in [-0.4, -0.2) is 9.55 Å². The summed E-state index contributed by atoms with van der Waals surface area (Å²) in [6.45, 7) is 3.17. The fourth-order valence-corrected chi connectivity index (χ4v) is 3.00. The van der Waals surface area contributed by atoms with E-state index < -0.39 is 0 Å². The van der Waals surface area contributed by atoms with Crippen molar-refractivity contribution in [3.63, 3.8) is 0 Å². The molecule has 2 nitrogen and oxygen atoms in total. The fraction of sp³-hybridized carbons (Fsp3) is 0.118. The molecule has 0 aliphatic rings. The van der Waals surface area contributed by atoms with E-state index in [1.165, 1.54) is 27.2 Å². The molecule has 0 radical (unpaired) electrons. The Kier molecular flexibility index (Phi) is 2.12. The Morgan fingerprint density at radius 2 is 1.63 bits per heavy atom. The van der Waals surface area contributed by atoms with Gasteiger partial charge in [0.25, 0.3) is 0 Å².